The predicted octanol–water partition coefficient (Wildman–Crippen LogP) is 1.89. The van der Waals surface area contributed by atoms with Crippen molar-refractivity contribution >= 4 is 12.0 Å². The first kappa shape index (κ1) is 7.86. The second-order valence-electron chi connectivity index (χ2n) is 2.83. The highest BCUT2D eigenvalue weighted by Crippen LogP contribution is 2.18. The van der Waals surface area contributed by atoms with Crippen LogP contribution in [0.15, 0.2) is 24.5 Å². The summed E-state index contributed by atoms with van der Waals surface area (Å²) < 4.78 is 5.07. The molecule has 0 amide bonds. The van der Waals surface area contributed by atoms with Gasteiger partial charge >= 0.3 is 5.97 Å². The average molecular weight is 176 g/mol. The highest BCUT2D eigenvalue weighted by atomic mass is 16.5. The Balaban J connectivity index is 2.48. The smallest absolute Gasteiger partial charge is 0.335 e. The molecule has 1 aromatic rings. The van der Waals surface area contributed by atoms with Gasteiger partial charge in [0.15, 0.2) is 0 Å². The van der Waals surface area contributed by atoms with Crippen molar-refractivity contribution in [2.75, 3.05) is 0 Å². The van der Waals surface area contributed by atoms with Crippen LogP contribution < -0.4 is 0 Å². The molecule has 0 atom stereocenters. The maximum Gasteiger partial charge on any atom is 0.335 e. The lowest BCUT2D eigenvalue weighted by Crippen LogP contribution is -2.01. The summed E-state index contributed by atoms with van der Waals surface area (Å²) in [6.45, 7) is 0.520. The van der Waals surface area contributed by atoms with E-state index in [2.05, 4.69) is 0 Å². The Kier molecular flexibility index (Phi) is 1.77. The monoisotopic (exact) mass is 176 g/mol. The van der Waals surface area contributed by atoms with Crippen LogP contribution in [0.4, 0.5) is 0 Å². The van der Waals surface area contributed by atoms with Crippen molar-refractivity contribution in [2.45, 2.75) is 6.61 Å². The zero-order valence-electron chi connectivity index (χ0n) is 6.86. The molecule has 0 spiro atoms. The number of benzene rings is 1. The third-order valence-corrected chi connectivity index (χ3v) is 1.98. The van der Waals surface area contributed by atoms with Crippen LogP contribution in [0.25, 0.3) is 6.08 Å². The summed E-state index contributed by atoms with van der Waals surface area (Å²) in [4.78, 5) is 10.6. The van der Waals surface area contributed by atoms with Crippen molar-refractivity contribution in [2.24, 2.45) is 0 Å². The van der Waals surface area contributed by atoms with E-state index in [-0.39, 0.29) is 0 Å². The zero-order valence-corrected chi connectivity index (χ0v) is 6.86. The van der Waals surface area contributed by atoms with Crippen molar-refractivity contribution in [1.82, 2.24) is 0 Å². The molecule has 2 rings (SSSR count). The van der Waals surface area contributed by atoms with Crippen LogP contribution in [0.3, 0.4) is 0 Å². The largest absolute Gasteiger partial charge is 0.496 e. The molecule has 3 heteroatoms. The van der Waals surface area contributed by atoms with Crippen LogP contribution in [-0.4, -0.2) is 11.1 Å². The number of fused-ring (bicyclic) bond motifs is 1. The van der Waals surface area contributed by atoms with E-state index >= 15 is 0 Å². The topological polar surface area (TPSA) is 46.5 Å². The van der Waals surface area contributed by atoms with Gasteiger partial charge in [0.05, 0.1) is 11.8 Å². The van der Waals surface area contributed by atoms with Crippen LogP contribution in [0.5, 0.6) is 0 Å². The van der Waals surface area contributed by atoms with Crippen molar-refractivity contribution in [1.29, 1.82) is 0 Å². The Hall–Kier alpha value is -1.77. The summed E-state index contributed by atoms with van der Waals surface area (Å²) in [5.41, 5.74) is 2.25. The lowest BCUT2D eigenvalue weighted by atomic mass is 10.0. The number of carboxylic acids is 1. The second-order valence-corrected chi connectivity index (χ2v) is 2.83. The van der Waals surface area contributed by atoms with Crippen molar-refractivity contribution in [3.05, 3.63) is 41.2 Å². The molecule has 1 aliphatic heterocycles. The molecule has 1 aromatic carbocycles. The zero-order chi connectivity index (χ0) is 9.26. The maximum atomic E-state index is 10.6. The second kappa shape index (κ2) is 2.94. The van der Waals surface area contributed by atoms with E-state index in [1.54, 1.807) is 30.5 Å². The van der Waals surface area contributed by atoms with Gasteiger partial charge in [-0.05, 0) is 29.3 Å². The minimum atomic E-state index is -0.900. The number of carboxylic acid groups (broad SMARTS) is 1. The van der Waals surface area contributed by atoms with Crippen LogP contribution in [-0.2, 0) is 11.3 Å². The van der Waals surface area contributed by atoms with E-state index in [1.165, 1.54) is 0 Å². The first-order valence-electron chi connectivity index (χ1n) is 3.92. The molecule has 66 valence electrons. The first-order chi connectivity index (χ1) is 6.27. The molecule has 0 aliphatic carbocycles. The van der Waals surface area contributed by atoms with E-state index in [0.29, 0.717) is 12.2 Å². The predicted molar refractivity (Wildman–Crippen MR) is 47.2 cm³/mol. The summed E-state index contributed by atoms with van der Waals surface area (Å²) >= 11 is 0. The summed E-state index contributed by atoms with van der Waals surface area (Å²) in [5.74, 6) is -0.900. The molecule has 0 radical (unpaired) electrons. The number of hydrogen-bond acceptors (Lipinski definition) is 2. The fourth-order valence-electron chi connectivity index (χ4n) is 1.27. The van der Waals surface area contributed by atoms with Gasteiger partial charge in [-0.2, -0.15) is 0 Å². The Labute approximate surface area is 75.3 Å². The fraction of sp³-hybridized carbons (Fsp3) is 0.100. The van der Waals surface area contributed by atoms with Gasteiger partial charge in [0.2, 0.25) is 0 Å². The van der Waals surface area contributed by atoms with Gasteiger partial charge in [-0.25, -0.2) is 4.79 Å². The van der Waals surface area contributed by atoms with Gasteiger partial charge in [0.25, 0.3) is 0 Å². The normalized spacial score (nSPS) is 13.2. The lowest BCUT2D eigenvalue weighted by Gasteiger charge is -2.11. The summed E-state index contributed by atoms with van der Waals surface area (Å²) in [5, 5.41) is 8.73. The van der Waals surface area contributed by atoms with Crippen LogP contribution in [0.1, 0.15) is 21.5 Å². The van der Waals surface area contributed by atoms with E-state index in [9.17, 15) is 4.79 Å². The van der Waals surface area contributed by atoms with Gasteiger partial charge in [0, 0.05) is 0 Å². The molecule has 13 heavy (non-hydrogen) atoms. The molecule has 0 bridgehead atoms. The van der Waals surface area contributed by atoms with Gasteiger partial charge in [0.1, 0.15) is 6.61 Å². The lowest BCUT2D eigenvalue weighted by molar-refractivity contribution is 0.0696. The molecule has 0 saturated heterocycles. The molecular weight excluding hydrogens is 168 g/mol. The van der Waals surface area contributed by atoms with E-state index < -0.39 is 5.97 Å². The van der Waals surface area contributed by atoms with E-state index in [0.717, 1.165) is 11.1 Å². The van der Waals surface area contributed by atoms with Gasteiger partial charge in [-0.15, -0.1) is 0 Å². The molecule has 0 fully saturated rings. The molecule has 1 N–H and O–H groups in total. The number of carbonyl (C=O) groups is 1. The Morgan fingerprint density at radius 3 is 3.08 bits per heavy atom. The minimum absolute atomic E-state index is 0.310. The van der Waals surface area contributed by atoms with Crippen molar-refractivity contribution in [3.8, 4) is 0 Å². The van der Waals surface area contributed by atoms with Crippen molar-refractivity contribution < 1.29 is 14.6 Å². The number of hydrogen-bond donors (Lipinski definition) is 1. The highest BCUT2D eigenvalue weighted by molar-refractivity contribution is 5.88. The minimum Gasteiger partial charge on any atom is -0.496 e. The number of aromatic carboxylic acids is 1. The first-order valence-corrected chi connectivity index (χ1v) is 3.92. The Bertz CT molecular complexity index is 380. The third kappa shape index (κ3) is 1.40. The standard InChI is InChI=1S/C10H8O3/c11-10(12)8-1-2-9-6-13-4-3-7(9)5-8/h1-5H,6H2,(H,11,12). The molecular formula is C10H8O3. The maximum absolute atomic E-state index is 10.6. The molecule has 1 heterocycles. The van der Waals surface area contributed by atoms with Crippen molar-refractivity contribution in [3.63, 3.8) is 0 Å². The van der Waals surface area contributed by atoms with Crippen LogP contribution in [0, 0.1) is 0 Å². The van der Waals surface area contributed by atoms with Crippen LogP contribution in [0.2, 0.25) is 0 Å². The molecule has 0 unspecified atom stereocenters. The highest BCUT2D eigenvalue weighted by Gasteiger charge is 2.08. The summed E-state index contributed by atoms with van der Waals surface area (Å²) in [7, 11) is 0. The van der Waals surface area contributed by atoms with Crippen LogP contribution >= 0.6 is 0 Å². The summed E-state index contributed by atoms with van der Waals surface area (Å²) in [6.07, 6.45) is 3.35. The molecule has 0 aromatic heterocycles. The van der Waals surface area contributed by atoms with Gasteiger partial charge in [-0.1, -0.05) is 6.07 Å². The van der Waals surface area contributed by atoms with E-state index in [1.807, 2.05) is 0 Å². The number of rotatable bonds is 1. The Morgan fingerprint density at radius 1 is 1.46 bits per heavy atom. The quantitative estimate of drug-likeness (QED) is 0.710. The third-order valence-electron chi connectivity index (χ3n) is 1.98. The fourth-order valence-corrected chi connectivity index (χ4v) is 1.27. The molecule has 3 nitrogen and oxygen atoms in total. The number of ether oxygens (including phenoxy) is 1. The molecule has 0 saturated carbocycles. The van der Waals surface area contributed by atoms with E-state index in [4.69, 9.17) is 9.84 Å². The molecule has 1 aliphatic rings. The van der Waals surface area contributed by atoms with Gasteiger partial charge in [-0.3, -0.25) is 0 Å². The van der Waals surface area contributed by atoms with Gasteiger partial charge < -0.3 is 9.84 Å². The average Bonchev–Trinajstić information content (AvgIpc) is 2.17. The summed E-state index contributed by atoms with van der Waals surface area (Å²) in [6, 6.07) is 5.02. The Morgan fingerprint density at radius 2 is 2.31 bits per heavy atom. The SMILES string of the molecule is O=C(O)c1ccc2c(c1)C=COC2.